The van der Waals surface area contributed by atoms with Gasteiger partial charge in [-0.1, -0.05) is 122 Å². The number of esters is 1. The number of rotatable bonds is 8. The topological polar surface area (TPSA) is 38.7 Å². The zero-order chi connectivity index (χ0) is 23.8. The monoisotopic (exact) mass is 447 g/mol. The van der Waals surface area contributed by atoms with Crippen molar-refractivity contribution in [3.63, 3.8) is 0 Å². The summed E-state index contributed by atoms with van der Waals surface area (Å²) in [6, 6.07) is 33.8. The molecule has 0 spiro atoms. The summed E-state index contributed by atoms with van der Waals surface area (Å²) in [4.78, 5) is 18.0. The van der Waals surface area contributed by atoms with E-state index in [9.17, 15) is 4.79 Å². The Morgan fingerprint density at radius 3 is 2.06 bits per heavy atom. The fourth-order valence-electron chi connectivity index (χ4n) is 4.02. The number of nitrogens with zero attached hydrogens (tertiary/aromatic N) is 1. The van der Waals surface area contributed by atoms with E-state index < -0.39 is 6.04 Å². The number of aliphatic imine (C=N–C) groups is 1. The van der Waals surface area contributed by atoms with Crippen LogP contribution in [0, 0.1) is 5.92 Å². The van der Waals surface area contributed by atoms with Gasteiger partial charge in [0, 0.05) is 17.0 Å². The molecule has 0 radical (unpaired) electrons. The molecule has 0 aliphatic carbocycles. The van der Waals surface area contributed by atoms with Gasteiger partial charge in [0.05, 0.1) is 12.3 Å². The maximum absolute atomic E-state index is 13.0. The van der Waals surface area contributed by atoms with E-state index in [1.54, 1.807) is 0 Å². The Kier molecular flexibility index (Phi) is 7.67. The molecule has 3 heteroatoms. The number of carbonyl (C=O) groups is 1. The third kappa shape index (κ3) is 5.49. The first-order valence-electron chi connectivity index (χ1n) is 11.7. The Morgan fingerprint density at radius 2 is 1.41 bits per heavy atom. The highest BCUT2D eigenvalue weighted by Crippen LogP contribution is 2.22. The van der Waals surface area contributed by atoms with Crippen LogP contribution in [0.4, 0.5) is 0 Å². The smallest absolute Gasteiger partial charge is 0.331 e. The zero-order valence-corrected chi connectivity index (χ0v) is 19.6. The first kappa shape index (κ1) is 23.2. The van der Waals surface area contributed by atoms with Crippen molar-refractivity contribution in [2.75, 3.05) is 6.61 Å². The van der Waals surface area contributed by atoms with Gasteiger partial charge in [-0.3, -0.25) is 4.99 Å². The second kappa shape index (κ2) is 11.2. The number of ether oxygens (including phenoxy) is 1. The van der Waals surface area contributed by atoms with Gasteiger partial charge in [0.15, 0.2) is 6.04 Å². The Labute approximate surface area is 201 Å². The van der Waals surface area contributed by atoms with Crippen molar-refractivity contribution >= 4 is 28.5 Å². The highest BCUT2D eigenvalue weighted by Gasteiger charge is 2.25. The third-order valence-corrected chi connectivity index (χ3v) is 5.79. The molecule has 0 N–H and O–H groups in total. The van der Waals surface area contributed by atoms with Gasteiger partial charge in [-0.25, -0.2) is 4.79 Å². The van der Waals surface area contributed by atoms with Gasteiger partial charge in [-0.05, 0) is 23.3 Å². The Balaban J connectivity index is 1.73. The molecule has 2 atom stereocenters. The minimum absolute atomic E-state index is 0.166. The molecule has 0 aliphatic rings. The number of hydrogen-bond donors (Lipinski definition) is 0. The summed E-state index contributed by atoms with van der Waals surface area (Å²) < 4.78 is 5.44. The largest absolute Gasteiger partial charge is 0.464 e. The van der Waals surface area contributed by atoms with Crippen molar-refractivity contribution in [2.45, 2.75) is 19.9 Å². The lowest BCUT2D eigenvalue weighted by molar-refractivity contribution is -0.145. The molecular formula is C31H29NO2. The van der Waals surface area contributed by atoms with Crippen LogP contribution in [0.2, 0.25) is 0 Å². The Morgan fingerprint density at radius 1 is 0.824 bits per heavy atom. The van der Waals surface area contributed by atoms with E-state index in [4.69, 9.17) is 9.73 Å². The molecule has 0 aliphatic heterocycles. The summed E-state index contributed by atoms with van der Waals surface area (Å²) >= 11 is 0. The average molecular weight is 448 g/mol. The van der Waals surface area contributed by atoms with Crippen molar-refractivity contribution < 1.29 is 9.53 Å². The predicted molar refractivity (Wildman–Crippen MR) is 141 cm³/mol. The van der Waals surface area contributed by atoms with Gasteiger partial charge in [0.25, 0.3) is 0 Å². The minimum atomic E-state index is -0.665. The molecule has 4 rings (SSSR count). The van der Waals surface area contributed by atoms with Crippen molar-refractivity contribution in [1.82, 2.24) is 0 Å². The normalized spacial score (nSPS) is 12.9. The van der Waals surface area contributed by atoms with Crippen molar-refractivity contribution in [3.05, 3.63) is 126 Å². The molecular weight excluding hydrogens is 418 g/mol. The maximum atomic E-state index is 13.0. The standard InChI is InChI=1S/C31H29NO2/c1-3-34-31(33)29(23(2)21-22-25-19-12-18-24-13-10-11-20-28(24)25)32-30(26-14-6-4-7-15-26)27-16-8-5-9-17-27/h4-23,29H,3H2,1-2H3/b22-21+/t23-,29-/m1/s1. The highest BCUT2D eigenvalue weighted by molar-refractivity contribution is 6.13. The van der Waals surface area contributed by atoms with Crippen LogP contribution < -0.4 is 0 Å². The van der Waals surface area contributed by atoms with Gasteiger partial charge >= 0.3 is 5.97 Å². The van der Waals surface area contributed by atoms with Crippen LogP contribution in [0.3, 0.4) is 0 Å². The molecule has 34 heavy (non-hydrogen) atoms. The number of fused-ring (bicyclic) bond motifs is 1. The quantitative estimate of drug-likeness (QED) is 0.216. The fourth-order valence-corrected chi connectivity index (χ4v) is 4.02. The summed E-state index contributed by atoms with van der Waals surface area (Å²) in [5, 5.41) is 2.37. The number of carbonyl (C=O) groups excluding carboxylic acids is 1. The van der Waals surface area contributed by atoms with Crippen LogP contribution in [-0.4, -0.2) is 24.3 Å². The molecule has 0 aromatic heterocycles. The predicted octanol–water partition coefficient (Wildman–Crippen LogP) is 6.96. The van der Waals surface area contributed by atoms with Crippen LogP contribution in [0.15, 0.2) is 114 Å². The fraction of sp³-hybridized carbons (Fsp3) is 0.161. The summed E-state index contributed by atoms with van der Waals surface area (Å²) in [7, 11) is 0. The molecule has 0 amide bonds. The van der Waals surface area contributed by atoms with Crippen molar-refractivity contribution in [3.8, 4) is 0 Å². The number of hydrogen-bond acceptors (Lipinski definition) is 3. The van der Waals surface area contributed by atoms with E-state index >= 15 is 0 Å². The summed E-state index contributed by atoms with van der Waals surface area (Å²) in [5.41, 5.74) is 3.83. The molecule has 0 saturated heterocycles. The maximum Gasteiger partial charge on any atom is 0.331 e. The molecule has 0 fully saturated rings. The van der Waals surface area contributed by atoms with Gasteiger partial charge in [0.2, 0.25) is 0 Å². The van der Waals surface area contributed by atoms with Gasteiger partial charge in [-0.15, -0.1) is 0 Å². The lowest BCUT2D eigenvalue weighted by Gasteiger charge is -2.19. The molecule has 3 nitrogen and oxygen atoms in total. The molecule has 4 aromatic rings. The van der Waals surface area contributed by atoms with Gasteiger partial charge in [-0.2, -0.15) is 0 Å². The average Bonchev–Trinajstić information content (AvgIpc) is 2.89. The van der Waals surface area contributed by atoms with Gasteiger partial charge < -0.3 is 4.74 Å². The zero-order valence-electron chi connectivity index (χ0n) is 19.6. The lowest BCUT2D eigenvalue weighted by Crippen LogP contribution is -2.29. The summed E-state index contributed by atoms with van der Waals surface area (Å²) in [5.74, 6) is -0.484. The van der Waals surface area contributed by atoms with Crippen LogP contribution in [-0.2, 0) is 9.53 Å². The molecule has 4 aromatic carbocycles. The Bertz CT molecular complexity index is 1250. The second-order valence-corrected chi connectivity index (χ2v) is 8.19. The van der Waals surface area contributed by atoms with Gasteiger partial charge in [0.1, 0.15) is 0 Å². The summed E-state index contributed by atoms with van der Waals surface area (Å²) in [6.07, 6.45) is 4.14. The van der Waals surface area contributed by atoms with Crippen LogP contribution in [0.1, 0.15) is 30.5 Å². The van der Waals surface area contributed by atoms with E-state index in [2.05, 4.69) is 42.5 Å². The molecule has 0 heterocycles. The van der Waals surface area contributed by atoms with Crippen LogP contribution in [0.25, 0.3) is 16.8 Å². The van der Waals surface area contributed by atoms with E-state index in [0.717, 1.165) is 22.4 Å². The Hall–Kier alpha value is -3.98. The minimum Gasteiger partial charge on any atom is -0.464 e. The van der Waals surface area contributed by atoms with Crippen LogP contribution >= 0.6 is 0 Å². The number of benzene rings is 4. The van der Waals surface area contributed by atoms with E-state index in [0.29, 0.717) is 6.61 Å². The summed E-state index contributed by atoms with van der Waals surface area (Å²) in [6.45, 7) is 4.15. The van der Waals surface area contributed by atoms with E-state index in [1.165, 1.54) is 10.8 Å². The van der Waals surface area contributed by atoms with Crippen molar-refractivity contribution in [2.24, 2.45) is 10.9 Å². The molecule has 0 saturated carbocycles. The molecule has 170 valence electrons. The van der Waals surface area contributed by atoms with E-state index in [1.807, 2.05) is 86.6 Å². The van der Waals surface area contributed by atoms with Crippen molar-refractivity contribution in [1.29, 1.82) is 0 Å². The van der Waals surface area contributed by atoms with Crippen LogP contribution in [0.5, 0.6) is 0 Å². The highest BCUT2D eigenvalue weighted by atomic mass is 16.5. The first-order valence-corrected chi connectivity index (χ1v) is 11.7. The molecule has 0 unspecified atom stereocenters. The van der Waals surface area contributed by atoms with E-state index in [-0.39, 0.29) is 11.9 Å². The SMILES string of the molecule is CCOC(=O)[C@H](N=C(c1ccccc1)c1ccccc1)[C@H](C)/C=C/c1cccc2ccccc12. The third-order valence-electron chi connectivity index (χ3n) is 5.79. The molecule has 0 bridgehead atoms. The second-order valence-electron chi connectivity index (χ2n) is 8.19. The first-order chi connectivity index (χ1) is 16.7. The lowest BCUT2D eigenvalue weighted by atomic mass is 9.97.